The summed E-state index contributed by atoms with van der Waals surface area (Å²) < 4.78 is 0. The predicted octanol–water partition coefficient (Wildman–Crippen LogP) is 3.29. The summed E-state index contributed by atoms with van der Waals surface area (Å²) in [7, 11) is 0. The fourth-order valence-corrected chi connectivity index (χ4v) is 1.74. The Morgan fingerprint density at radius 1 is 1.17 bits per heavy atom. The van der Waals surface area contributed by atoms with Gasteiger partial charge in [0.1, 0.15) is 5.69 Å². The Bertz CT molecular complexity index is 506. The minimum atomic E-state index is -0.182. The second-order valence-corrected chi connectivity index (χ2v) is 4.12. The molecule has 0 saturated heterocycles. The van der Waals surface area contributed by atoms with Gasteiger partial charge >= 0.3 is 0 Å². The van der Waals surface area contributed by atoms with Crippen molar-refractivity contribution >= 4 is 11.6 Å². The predicted molar refractivity (Wildman–Crippen MR) is 72.6 cm³/mol. The first-order chi connectivity index (χ1) is 8.79. The molecule has 0 spiro atoms. The summed E-state index contributed by atoms with van der Waals surface area (Å²) in [5, 5.41) is 2.83. The van der Waals surface area contributed by atoms with E-state index in [2.05, 4.69) is 17.2 Å². The second-order valence-electron chi connectivity index (χ2n) is 4.12. The molecule has 0 aliphatic rings. The lowest BCUT2D eigenvalue weighted by molar-refractivity contribution is 0.102. The van der Waals surface area contributed by atoms with E-state index < -0.39 is 0 Å². The lowest BCUT2D eigenvalue weighted by Gasteiger charge is -2.05. The molecule has 0 aliphatic carbocycles. The molecule has 0 unspecified atom stereocenters. The number of benzene rings is 1. The number of carbonyl (C=O) groups is 1. The number of nitrogens with one attached hydrogen (secondary N) is 1. The molecule has 1 heterocycles. The van der Waals surface area contributed by atoms with Crippen LogP contribution in [0.2, 0.25) is 0 Å². The van der Waals surface area contributed by atoms with E-state index in [1.54, 1.807) is 24.4 Å². The van der Waals surface area contributed by atoms with E-state index in [0.717, 1.165) is 18.5 Å². The Morgan fingerprint density at radius 2 is 1.94 bits per heavy atom. The number of aromatic nitrogens is 1. The zero-order valence-corrected chi connectivity index (χ0v) is 10.4. The highest BCUT2D eigenvalue weighted by Crippen LogP contribution is 2.12. The summed E-state index contributed by atoms with van der Waals surface area (Å²) in [6, 6.07) is 13.2. The van der Waals surface area contributed by atoms with Gasteiger partial charge in [0, 0.05) is 11.9 Å². The maximum atomic E-state index is 11.9. The van der Waals surface area contributed by atoms with Crippen LogP contribution >= 0.6 is 0 Å². The van der Waals surface area contributed by atoms with E-state index in [1.807, 2.05) is 24.3 Å². The smallest absolute Gasteiger partial charge is 0.274 e. The summed E-state index contributed by atoms with van der Waals surface area (Å²) in [6.45, 7) is 2.15. The number of hydrogen-bond donors (Lipinski definition) is 1. The van der Waals surface area contributed by atoms with Crippen LogP contribution in [0.5, 0.6) is 0 Å². The minimum Gasteiger partial charge on any atom is -0.321 e. The molecule has 18 heavy (non-hydrogen) atoms. The molecule has 3 heteroatoms. The first-order valence-electron chi connectivity index (χ1n) is 6.11. The van der Waals surface area contributed by atoms with E-state index in [1.165, 1.54) is 5.56 Å². The third-order valence-corrected chi connectivity index (χ3v) is 2.65. The van der Waals surface area contributed by atoms with Crippen molar-refractivity contribution in [1.29, 1.82) is 0 Å². The van der Waals surface area contributed by atoms with Crippen molar-refractivity contribution < 1.29 is 4.79 Å². The summed E-state index contributed by atoms with van der Waals surface area (Å²) >= 11 is 0. The zero-order valence-electron chi connectivity index (χ0n) is 10.4. The molecule has 1 N–H and O–H groups in total. The van der Waals surface area contributed by atoms with Gasteiger partial charge < -0.3 is 5.32 Å². The molecule has 0 atom stereocenters. The standard InChI is InChI=1S/C15H16N2O/c1-2-5-12-7-9-13(10-8-12)17-15(18)14-6-3-4-11-16-14/h3-4,6-11H,2,5H2,1H3,(H,17,18). The number of hydrogen-bond acceptors (Lipinski definition) is 2. The van der Waals surface area contributed by atoms with Crippen LogP contribution in [0.1, 0.15) is 29.4 Å². The summed E-state index contributed by atoms with van der Waals surface area (Å²) in [6.07, 6.45) is 3.80. The van der Waals surface area contributed by atoms with Crippen molar-refractivity contribution in [2.75, 3.05) is 5.32 Å². The number of aryl methyl sites for hydroxylation is 1. The summed E-state index contributed by atoms with van der Waals surface area (Å²) in [5.74, 6) is -0.182. The average molecular weight is 240 g/mol. The van der Waals surface area contributed by atoms with Gasteiger partial charge in [0.05, 0.1) is 0 Å². The van der Waals surface area contributed by atoms with Crippen molar-refractivity contribution in [3.8, 4) is 0 Å². The maximum Gasteiger partial charge on any atom is 0.274 e. The number of anilines is 1. The first kappa shape index (κ1) is 12.3. The van der Waals surface area contributed by atoms with Gasteiger partial charge in [-0.2, -0.15) is 0 Å². The average Bonchev–Trinajstić information content (AvgIpc) is 2.42. The van der Waals surface area contributed by atoms with Crippen LogP contribution in [-0.4, -0.2) is 10.9 Å². The van der Waals surface area contributed by atoms with Crippen molar-refractivity contribution in [3.05, 3.63) is 59.9 Å². The summed E-state index contributed by atoms with van der Waals surface area (Å²) in [5.41, 5.74) is 2.51. The highest BCUT2D eigenvalue weighted by molar-refractivity contribution is 6.02. The molecule has 2 aromatic rings. The monoisotopic (exact) mass is 240 g/mol. The van der Waals surface area contributed by atoms with Gasteiger partial charge in [0.2, 0.25) is 0 Å². The van der Waals surface area contributed by atoms with Crippen LogP contribution in [0, 0.1) is 0 Å². The van der Waals surface area contributed by atoms with Crippen molar-refractivity contribution in [2.24, 2.45) is 0 Å². The highest BCUT2D eigenvalue weighted by Gasteiger charge is 2.06. The second kappa shape index (κ2) is 5.96. The third kappa shape index (κ3) is 3.17. The van der Waals surface area contributed by atoms with Crippen LogP contribution in [0.4, 0.5) is 5.69 Å². The topological polar surface area (TPSA) is 42.0 Å². The molecule has 0 fully saturated rings. The lowest BCUT2D eigenvalue weighted by atomic mass is 10.1. The molecule has 2 rings (SSSR count). The Labute approximate surface area is 107 Å². The van der Waals surface area contributed by atoms with Gasteiger partial charge in [-0.25, -0.2) is 0 Å². The number of carbonyl (C=O) groups excluding carboxylic acids is 1. The molecule has 1 aromatic heterocycles. The van der Waals surface area contributed by atoms with Crippen molar-refractivity contribution in [2.45, 2.75) is 19.8 Å². The molecule has 0 saturated carbocycles. The number of pyridine rings is 1. The molecule has 0 aliphatic heterocycles. The van der Waals surface area contributed by atoms with Gasteiger partial charge in [-0.15, -0.1) is 0 Å². The molecule has 1 amide bonds. The zero-order chi connectivity index (χ0) is 12.8. The van der Waals surface area contributed by atoms with Gasteiger partial charge in [0.25, 0.3) is 5.91 Å². The Morgan fingerprint density at radius 3 is 2.56 bits per heavy atom. The van der Waals surface area contributed by atoms with Crippen LogP contribution in [0.3, 0.4) is 0 Å². The quantitative estimate of drug-likeness (QED) is 0.891. The van der Waals surface area contributed by atoms with Crippen LogP contribution in [0.15, 0.2) is 48.7 Å². The minimum absolute atomic E-state index is 0.182. The third-order valence-electron chi connectivity index (χ3n) is 2.65. The fourth-order valence-electron chi connectivity index (χ4n) is 1.74. The molecule has 0 bridgehead atoms. The van der Waals surface area contributed by atoms with E-state index >= 15 is 0 Å². The molecule has 3 nitrogen and oxygen atoms in total. The van der Waals surface area contributed by atoms with E-state index in [-0.39, 0.29) is 5.91 Å². The maximum absolute atomic E-state index is 11.9. The van der Waals surface area contributed by atoms with Crippen molar-refractivity contribution in [1.82, 2.24) is 4.98 Å². The van der Waals surface area contributed by atoms with Crippen molar-refractivity contribution in [3.63, 3.8) is 0 Å². The Hall–Kier alpha value is -2.16. The SMILES string of the molecule is CCCc1ccc(NC(=O)c2ccccn2)cc1. The van der Waals surface area contributed by atoms with E-state index in [9.17, 15) is 4.79 Å². The van der Waals surface area contributed by atoms with Gasteiger partial charge in [-0.3, -0.25) is 9.78 Å². The molecule has 1 aromatic carbocycles. The largest absolute Gasteiger partial charge is 0.321 e. The molecular formula is C15H16N2O. The van der Waals surface area contributed by atoms with Crippen LogP contribution < -0.4 is 5.32 Å². The number of nitrogens with zero attached hydrogens (tertiary/aromatic N) is 1. The molecule has 0 radical (unpaired) electrons. The normalized spacial score (nSPS) is 10.1. The highest BCUT2D eigenvalue weighted by atomic mass is 16.1. The Balaban J connectivity index is 2.03. The van der Waals surface area contributed by atoms with Gasteiger partial charge in [-0.05, 0) is 36.2 Å². The first-order valence-corrected chi connectivity index (χ1v) is 6.11. The Kier molecular flexibility index (Phi) is 4.07. The van der Waals surface area contributed by atoms with E-state index in [0.29, 0.717) is 5.69 Å². The fraction of sp³-hybridized carbons (Fsp3) is 0.200. The summed E-state index contributed by atoms with van der Waals surface area (Å²) in [4.78, 5) is 15.9. The number of amides is 1. The van der Waals surface area contributed by atoms with Gasteiger partial charge in [-0.1, -0.05) is 31.5 Å². The number of rotatable bonds is 4. The van der Waals surface area contributed by atoms with E-state index in [4.69, 9.17) is 0 Å². The molecule has 92 valence electrons. The van der Waals surface area contributed by atoms with Gasteiger partial charge in [0.15, 0.2) is 0 Å². The van der Waals surface area contributed by atoms with Crippen LogP contribution in [-0.2, 0) is 6.42 Å². The van der Waals surface area contributed by atoms with Crippen LogP contribution in [0.25, 0.3) is 0 Å². The lowest BCUT2D eigenvalue weighted by Crippen LogP contribution is -2.13. The molecular weight excluding hydrogens is 224 g/mol.